The standard InChI is InChI=1S/C15H26N4O2S/c1-11(2)12-7-6-8-13(9-12)18-14(16)17-10-15(3,4)19-22(5,20)21/h6-9,11,19H,10H2,1-5H3,(H3,16,17,18). The summed E-state index contributed by atoms with van der Waals surface area (Å²) in [5.74, 6) is 0.682. The van der Waals surface area contributed by atoms with Crippen molar-refractivity contribution < 1.29 is 8.42 Å². The SMILES string of the molecule is CC(C)c1cccc(NC(N)=NCC(C)(C)NS(C)(=O)=O)c1. The molecular weight excluding hydrogens is 300 g/mol. The Balaban J connectivity index is 2.72. The maximum absolute atomic E-state index is 11.3. The van der Waals surface area contributed by atoms with E-state index in [1.807, 2.05) is 18.2 Å². The second-order valence-electron chi connectivity index (χ2n) is 6.36. The van der Waals surface area contributed by atoms with Gasteiger partial charge in [-0.05, 0) is 37.5 Å². The summed E-state index contributed by atoms with van der Waals surface area (Å²) in [5.41, 5.74) is 7.24. The molecule has 124 valence electrons. The lowest BCUT2D eigenvalue weighted by Gasteiger charge is -2.23. The van der Waals surface area contributed by atoms with Crippen LogP contribution in [0.4, 0.5) is 5.69 Å². The molecule has 0 amide bonds. The van der Waals surface area contributed by atoms with E-state index in [1.165, 1.54) is 5.56 Å². The maximum atomic E-state index is 11.3. The van der Waals surface area contributed by atoms with Gasteiger partial charge in [0.1, 0.15) is 0 Å². The molecule has 0 saturated carbocycles. The Hall–Kier alpha value is -1.60. The fourth-order valence-corrected chi connectivity index (χ4v) is 3.05. The molecule has 1 aromatic carbocycles. The van der Waals surface area contributed by atoms with E-state index in [1.54, 1.807) is 13.8 Å². The van der Waals surface area contributed by atoms with E-state index in [0.717, 1.165) is 11.9 Å². The van der Waals surface area contributed by atoms with Gasteiger partial charge in [0, 0.05) is 11.2 Å². The number of aliphatic imine (C=N–C) groups is 1. The molecule has 0 fully saturated rings. The van der Waals surface area contributed by atoms with Gasteiger partial charge < -0.3 is 11.1 Å². The molecule has 0 saturated heterocycles. The molecule has 0 aliphatic heterocycles. The van der Waals surface area contributed by atoms with Crippen molar-refractivity contribution >= 4 is 21.7 Å². The summed E-state index contributed by atoms with van der Waals surface area (Å²) in [7, 11) is -3.28. The van der Waals surface area contributed by atoms with Gasteiger partial charge in [-0.2, -0.15) is 0 Å². The summed E-state index contributed by atoms with van der Waals surface area (Å²) in [6.07, 6.45) is 1.12. The smallest absolute Gasteiger partial charge is 0.209 e. The van der Waals surface area contributed by atoms with Crippen LogP contribution in [0.2, 0.25) is 0 Å². The molecule has 0 aromatic heterocycles. The third kappa shape index (κ3) is 6.91. The number of guanidine groups is 1. The first kappa shape index (κ1) is 18.4. The number of nitrogens with zero attached hydrogens (tertiary/aromatic N) is 1. The monoisotopic (exact) mass is 326 g/mol. The molecule has 0 heterocycles. The normalized spacial score (nSPS) is 13.5. The Morgan fingerprint density at radius 2 is 2.00 bits per heavy atom. The molecular formula is C15H26N4O2S. The lowest BCUT2D eigenvalue weighted by atomic mass is 10.0. The van der Waals surface area contributed by atoms with Crippen LogP contribution in [-0.4, -0.2) is 32.7 Å². The summed E-state index contributed by atoms with van der Waals surface area (Å²) in [6.45, 7) is 7.99. The molecule has 1 rings (SSSR count). The van der Waals surface area contributed by atoms with Crippen molar-refractivity contribution in [3.63, 3.8) is 0 Å². The van der Waals surface area contributed by atoms with Crippen LogP contribution in [0.1, 0.15) is 39.2 Å². The van der Waals surface area contributed by atoms with E-state index in [-0.39, 0.29) is 12.5 Å². The molecule has 0 atom stereocenters. The first-order valence-corrected chi connectivity index (χ1v) is 9.03. The second-order valence-corrected chi connectivity index (χ2v) is 8.11. The highest BCUT2D eigenvalue weighted by Gasteiger charge is 2.21. The van der Waals surface area contributed by atoms with E-state index in [0.29, 0.717) is 5.92 Å². The minimum atomic E-state index is -3.28. The van der Waals surface area contributed by atoms with Crippen molar-refractivity contribution in [2.45, 2.75) is 39.2 Å². The summed E-state index contributed by atoms with van der Waals surface area (Å²) in [5, 5.41) is 3.02. The fourth-order valence-electron chi connectivity index (χ4n) is 1.98. The van der Waals surface area contributed by atoms with Crippen LogP contribution in [0, 0.1) is 0 Å². The van der Waals surface area contributed by atoms with E-state index >= 15 is 0 Å². The number of nitrogens with two attached hydrogens (primary N) is 1. The molecule has 0 spiro atoms. The van der Waals surface area contributed by atoms with Gasteiger partial charge in [0.15, 0.2) is 5.96 Å². The Kier molecular flexibility index (Phi) is 5.96. The lowest BCUT2D eigenvalue weighted by molar-refractivity contribution is 0.466. The Morgan fingerprint density at radius 3 is 2.55 bits per heavy atom. The Labute approximate surface area is 133 Å². The first-order chi connectivity index (χ1) is 9.98. The highest BCUT2D eigenvalue weighted by atomic mass is 32.2. The van der Waals surface area contributed by atoms with Crippen LogP contribution >= 0.6 is 0 Å². The predicted octanol–water partition coefficient (Wildman–Crippen LogP) is 1.86. The first-order valence-electron chi connectivity index (χ1n) is 7.14. The van der Waals surface area contributed by atoms with Gasteiger partial charge in [0.2, 0.25) is 10.0 Å². The fraction of sp³-hybridized carbons (Fsp3) is 0.533. The van der Waals surface area contributed by atoms with E-state index < -0.39 is 15.6 Å². The zero-order valence-electron chi connectivity index (χ0n) is 13.8. The van der Waals surface area contributed by atoms with Gasteiger partial charge >= 0.3 is 0 Å². The Bertz CT molecular complexity index is 637. The van der Waals surface area contributed by atoms with E-state index in [2.05, 4.69) is 34.9 Å². The molecule has 0 aliphatic carbocycles. The van der Waals surface area contributed by atoms with Gasteiger partial charge in [-0.25, -0.2) is 13.1 Å². The van der Waals surface area contributed by atoms with Crippen molar-refractivity contribution in [2.24, 2.45) is 10.7 Å². The number of benzene rings is 1. The molecule has 1 aromatic rings. The number of hydrogen-bond acceptors (Lipinski definition) is 3. The molecule has 0 bridgehead atoms. The average Bonchev–Trinajstić information content (AvgIpc) is 2.34. The number of hydrogen-bond donors (Lipinski definition) is 3. The third-order valence-corrected chi connectivity index (χ3v) is 3.86. The topological polar surface area (TPSA) is 96.6 Å². The van der Waals surface area contributed by atoms with Crippen LogP contribution in [0.3, 0.4) is 0 Å². The van der Waals surface area contributed by atoms with Gasteiger partial charge in [0.25, 0.3) is 0 Å². The van der Waals surface area contributed by atoms with Crippen molar-refractivity contribution in [1.29, 1.82) is 0 Å². The van der Waals surface area contributed by atoms with E-state index in [9.17, 15) is 8.42 Å². The molecule has 0 unspecified atom stereocenters. The minimum Gasteiger partial charge on any atom is -0.370 e. The van der Waals surface area contributed by atoms with Gasteiger partial charge in [0.05, 0.1) is 12.8 Å². The van der Waals surface area contributed by atoms with Crippen molar-refractivity contribution in [3.05, 3.63) is 29.8 Å². The van der Waals surface area contributed by atoms with Crippen molar-refractivity contribution in [3.8, 4) is 0 Å². The molecule has 0 aliphatic rings. The second kappa shape index (κ2) is 7.11. The van der Waals surface area contributed by atoms with Crippen molar-refractivity contribution in [1.82, 2.24) is 4.72 Å². The predicted molar refractivity (Wildman–Crippen MR) is 92.7 cm³/mol. The minimum absolute atomic E-state index is 0.239. The summed E-state index contributed by atoms with van der Waals surface area (Å²) < 4.78 is 25.1. The lowest BCUT2D eigenvalue weighted by Crippen LogP contribution is -2.45. The quantitative estimate of drug-likeness (QED) is 0.549. The molecule has 4 N–H and O–H groups in total. The maximum Gasteiger partial charge on any atom is 0.209 e. The van der Waals surface area contributed by atoms with Crippen LogP contribution < -0.4 is 15.8 Å². The van der Waals surface area contributed by atoms with Crippen molar-refractivity contribution in [2.75, 3.05) is 18.1 Å². The van der Waals surface area contributed by atoms with E-state index in [4.69, 9.17) is 5.73 Å². The summed E-state index contributed by atoms with van der Waals surface area (Å²) in [6, 6.07) is 7.95. The van der Waals surface area contributed by atoms with Gasteiger partial charge in [-0.1, -0.05) is 26.0 Å². The Morgan fingerprint density at radius 1 is 1.36 bits per heavy atom. The highest BCUT2D eigenvalue weighted by molar-refractivity contribution is 7.88. The van der Waals surface area contributed by atoms with Crippen LogP contribution in [-0.2, 0) is 10.0 Å². The summed E-state index contributed by atoms with van der Waals surface area (Å²) >= 11 is 0. The zero-order valence-corrected chi connectivity index (χ0v) is 14.7. The largest absolute Gasteiger partial charge is 0.370 e. The molecule has 6 nitrogen and oxygen atoms in total. The molecule has 0 radical (unpaired) electrons. The number of sulfonamides is 1. The molecule has 7 heteroatoms. The summed E-state index contributed by atoms with van der Waals surface area (Å²) in [4.78, 5) is 4.21. The van der Waals surface area contributed by atoms with Crippen LogP contribution in [0.25, 0.3) is 0 Å². The van der Waals surface area contributed by atoms with Gasteiger partial charge in [-0.3, -0.25) is 4.99 Å². The average molecular weight is 326 g/mol. The highest BCUT2D eigenvalue weighted by Crippen LogP contribution is 2.18. The van der Waals surface area contributed by atoms with Crippen LogP contribution in [0.15, 0.2) is 29.3 Å². The van der Waals surface area contributed by atoms with Gasteiger partial charge in [-0.15, -0.1) is 0 Å². The molecule has 22 heavy (non-hydrogen) atoms. The zero-order chi connectivity index (χ0) is 17.0. The van der Waals surface area contributed by atoms with Crippen LogP contribution in [0.5, 0.6) is 0 Å². The number of anilines is 1. The number of nitrogens with one attached hydrogen (secondary N) is 2. The third-order valence-electron chi connectivity index (χ3n) is 2.93. The number of rotatable bonds is 6.